The first kappa shape index (κ1) is 17.9. The number of nitrogens with one attached hydrogen (secondary N) is 1. The van der Waals surface area contributed by atoms with E-state index in [1.54, 1.807) is 11.3 Å². The zero-order valence-corrected chi connectivity index (χ0v) is 17.3. The first-order chi connectivity index (χ1) is 12.6. The molecule has 1 N–H and O–H groups in total. The maximum absolute atomic E-state index is 12.3. The van der Waals surface area contributed by atoms with Gasteiger partial charge in [-0.2, -0.15) is 0 Å². The number of thioether (sulfide) groups is 1. The number of nitrogens with zero attached hydrogens (tertiary/aromatic N) is 2. The molecular formula is C19H18BrN3OS2. The number of aliphatic imine (C=N–C) groups is 2. The van der Waals surface area contributed by atoms with Crippen LogP contribution in [-0.4, -0.2) is 28.1 Å². The van der Waals surface area contributed by atoms with Gasteiger partial charge in [-0.25, -0.2) is 4.99 Å². The van der Waals surface area contributed by atoms with E-state index >= 15 is 0 Å². The highest BCUT2D eigenvalue weighted by Gasteiger charge is 2.39. The molecule has 4 rings (SSSR count). The molecule has 7 heteroatoms. The molecule has 0 unspecified atom stereocenters. The Hall–Kier alpha value is -1.44. The van der Waals surface area contributed by atoms with Crippen molar-refractivity contribution in [1.29, 1.82) is 0 Å². The van der Waals surface area contributed by atoms with Crippen molar-refractivity contribution < 1.29 is 4.79 Å². The van der Waals surface area contributed by atoms with Crippen LogP contribution in [0.4, 0.5) is 5.69 Å². The van der Waals surface area contributed by atoms with Gasteiger partial charge in [-0.05, 0) is 61.4 Å². The second kappa shape index (κ2) is 7.66. The molecule has 0 atom stereocenters. The van der Waals surface area contributed by atoms with Gasteiger partial charge in [-0.1, -0.05) is 33.8 Å². The lowest BCUT2D eigenvalue weighted by Crippen LogP contribution is -2.17. The summed E-state index contributed by atoms with van der Waals surface area (Å²) in [6.07, 6.45) is 4.37. The molecule has 0 radical (unpaired) electrons. The monoisotopic (exact) mass is 447 g/mol. The molecular weight excluding hydrogens is 430 g/mol. The highest BCUT2D eigenvalue weighted by Crippen LogP contribution is 2.40. The Morgan fingerprint density at radius 1 is 1.19 bits per heavy atom. The van der Waals surface area contributed by atoms with E-state index in [-0.39, 0.29) is 11.6 Å². The number of hydrogen-bond donors (Lipinski definition) is 1. The smallest absolute Gasteiger partial charge is 0.234 e. The van der Waals surface area contributed by atoms with Gasteiger partial charge < -0.3 is 5.32 Å². The molecule has 134 valence electrons. The predicted molar refractivity (Wildman–Crippen MR) is 115 cm³/mol. The van der Waals surface area contributed by atoms with Crippen LogP contribution in [0.3, 0.4) is 0 Å². The summed E-state index contributed by atoms with van der Waals surface area (Å²) in [7, 11) is 0. The number of thiophene rings is 1. The van der Waals surface area contributed by atoms with E-state index in [0.29, 0.717) is 5.75 Å². The summed E-state index contributed by atoms with van der Waals surface area (Å²) < 4.78 is 0.990. The lowest BCUT2D eigenvalue weighted by molar-refractivity contribution is -0.113. The van der Waals surface area contributed by atoms with E-state index < -0.39 is 0 Å². The topological polar surface area (TPSA) is 53.8 Å². The maximum Gasteiger partial charge on any atom is 0.234 e. The Morgan fingerprint density at radius 3 is 2.65 bits per heavy atom. The average molecular weight is 448 g/mol. The average Bonchev–Trinajstić information content (AvgIpc) is 3.37. The van der Waals surface area contributed by atoms with Crippen LogP contribution in [0.5, 0.6) is 0 Å². The lowest BCUT2D eigenvalue weighted by atomic mass is 10.1. The van der Waals surface area contributed by atoms with Crippen molar-refractivity contribution in [2.24, 2.45) is 9.98 Å². The zero-order valence-electron chi connectivity index (χ0n) is 14.1. The Morgan fingerprint density at radius 2 is 1.96 bits per heavy atom. The van der Waals surface area contributed by atoms with Gasteiger partial charge in [0.15, 0.2) is 5.66 Å². The fraction of sp³-hybridized carbons (Fsp3) is 0.316. The van der Waals surface area contributed by atoms with Gasteiger partial charge in [0.2, 0.25) is 5.91 Å². The second-order valence-electron chi connectivity index (χ2n) is 6.39. The van der Waals surface area contributed by atoms with Crippen LogP contribution in [0, 0.1) is 0 Å². The van der Waals surface area contributed by atoms with Crippen molar-refractivity contribution in [2.75, 3.05) is 11.1 Å². The van der Waals surface area contributed by atoms with Crippen LogP contribution in [0.15, 0.2) is 56.2 Å². The third kappa shape index (κ3) is 3.94. The lowest BCUT2D eigenvalue weighted by Gasteiger charge is -2.14. The number of amides is 1. The third-order valence-corrected chi connectivity index (χ3v) is 6.83. The third-order valence-electron chi connectivity index (χ3n) is 4.46. The van der Waals surface area contributed by atoms with Gasteiger partial charge in [-0.3, -0.25) is 9.79 Å². The van der Waals surface area contributed by atoms with Crippen molar-refractivity contribution in [3.05, 3.63) is 51.1 Å². The van der Waals surface area contributed by atoms with E-state index in [4.69, 9.17) is 9.98 Å². The molecule has 1 aliphatic heterocycles. The minimum absolute atomic E-state index is 0.0297. The van der Waals surface area contributed by atoms with E-state index in [9.17, 15) is 4.79 Å². The summed E-state index contributed by atoms with van der Waals surface area (Å²) in [5.74, 6) is 0.299. The maximum atomic E-state index is 12.3. The normalized spacial score (nSPS) is 18.0. The SMILES string of the molecule is O=C(CSC1=NC2(CCCC2)N=C1c1cccs1)Nc1ccc(Br)cc1. The van der Waals surface area contributed by atoms with Crippen molar-refractivity contribution >= 4 is 61.4 Å². The van der Waals surface area contributed by atoms with Crippen molar-refractivity contribution in [2.45, 2.75) is 31.3 Å². The molecule has 0 saturated heterocycles. The fourth-order valence-corrected chi connectivity index (χ4v) is 5.14. The number of carbonyl (C=O) groups excluding carboxylic acids is 1. The molecule has 4 nitrogen and oxygen atoms in total. The minimum Gasteiger partial charge on any atom is -0.325 e. The fourth-order valence-electron chi connectivity index (χ4n) is 3.23. The Balaban J connectivity index is 1.45. The number of halogens is 1. The van der Waals surface area contributed by atoms with Crippen LogP contribution in [0.25, 0.3) is 0 Å². The number of carbonyl (C=O) groups is 1. The molecule has 1 aliphatic carbocycles. The number of anilines is 1. The Labute approximate surface area is 169 Å². The number of hydrogen-bond acceptors (Lipinski definition) is 5. The van der Waals surface area contributed by atoms with Crippen molar-refractivity contribution in [3.63, 3.8) is 0 Å². The van der Waals surface area contributed by atoms with E-state index in [0.717, 1.165) is 38.6 Å². The summed E-state index contributed by atoms with van der Waals surface area (Å²) >= 11 is 6.56. The molecule has 1 amide bonds. The molecule has 2 heterocycles. The predicted octanol–water partition coefficient (Wildman–Crippen LogP) is 5.35. The summed E-state index contributed by atoms with van der Waals surface area (Å²) in [6, 6.07) is 11.7. The quantitative estimate of drug-likeness (QED) is 0.685. The molecule has 2 aliphatic rings. The summed E-state index contributed by atoms with van der Waals surface area (Å²) in [5.41, 5.74) is 1.49. The van der Waals surface area contributed by atoms with Gasteiger partial charge in [0, 0.05) is 10.2 Å². The second-order valence-corrected chi connectivity index (χ2v) is 9.22. The first-order valence-corrected chi connectivity index (χ1v) is 11.2. The molecule has 1 aromatic heterocycles. The first-order valence-electron chi connectivity index (χ1n) is 8.56. The van der Waals surface area contributed by atoms with Crippen LogP contribution in [-0.2, 0) is 4.79 Å². The van der Waals surface area contributed by atoms with Crippen LogP contribution >= 0.6 is 39.0 Å². The van der Waals surface area contributed by atoms with E-state index in [1.165, 1.54) is 24.6 Å². The van der Waals surface area contributed by atoms with E-state index in [1.807, 2.05) is 30.3 Å². The largest absolute Gasteiger partial charge is 0.325 e. The zero-order chi connectivity index (χ0) is 18.0. The molecule has 26 heavy (non-hydrogen) atoms. The molecule has 0 bridgehead atoms. The number of rotatable bonds is 4. The van der Waals surface area contributed by atoms with Crippen LogP contribution < -0.4 is 5.32 Å². The van der Waals surface area contributed by atoms with Gasteiger partial charge in [-0.15, -0.1) is 11.3 Å². The van der Waals surface area contributed by atoms with Gasteiger partial charge in [0.25, 0.3) is 0 Å². The Bertz CT molecular complexity index is 853. The minimum atomic E-state index is -0.274. The highest BCUT2D eigenvalue weighted by atomic mass is 79.9. The molecule has 1 aromatic carbocycles. The molecule has 1 spiro atoms. The molecule has 1 fully saturated rings. The van der Waals surface area contributed by atoms with Gasteiger partial charge in [0.05, 0.1) is 10.6 Å². The number of benzene rings is 1. The summed E-state index contributed by atoms with van der Waals surface area (Å²) in [5, 5.41) is 5.89. The standard InChI is InChI=1S/C19H18BrN3OS2/c20-13-5-7-14(8-6-13)21-16(24)12-26-18-17(15-4-3-11-25-15)22-19(23-18)9-1-2-10-19/h3-8,11H,1-2,9-10,12H2,(H,21,24). The summed E-state index contributed by atoms with van der Waals surface area (Å²) in [6.45, 7) is 0. The van der Waals surface area contributed by atoms with Gasteiger partial charge in [0.1, 0.15) is 10.8 Å². The van der Waals surface area contributed by atoms with Crippen molar-refractivity contribution in [1.82, 2.24) is 0 Å². The van der Waals surface area contributed by atoms with E-state index in [2.05, 4.69) is 32.7 Å². The molecule has 2 aromatic rings. The Kier molecular flexibility index (Phi) is 5.29. The summed E-state index contributed by atoms with van der Waals surface area (Å²) in [4.78, 5) is 23.4. The van der Waals surface area contributed by atoms with Gasteiger partial charge >= 0.3 is 0 Å². The van der Waals surface area contributed by atoms with Crippen LogP contribution in [0.1, 0.15) is 30.6 Å². The van der Waals surface area contributed by atoms with Crippen molar-refractivity contribution in [3.8, 4) is 0 Å². The van der Waals surface area contributed by atoms with Crippen LogP contribution in [0.2, 0.25) is 0 Å². The highest BCUT2D eigenvalue weighted by molar-refractivity contribution is 9.10. The molecule has 1 saturated carbocycles.